The van der Waals surface area contributed by atoms with Crippen LogP contribution in [0.4, 0.5) is 5.69 Å². The summed E-state index contributed by atoms with van der Waals surface area (Å²) in [6, 6.07) is 5.73. The van der Waals surface area contributed by atoms with Gasteiger partial charge in [0, 0.05) is 12.1 Å². The molecular weight excluding hydrogens is 270 g/mol. The number of carboxylic acids is 1. The summed E-state index contributed by atoms with van der Waals surface area (Å²) in [6.07, 6.45) is 0. The van der Waals surface area contributed by atoms with Crippen LogP contribution in [-0.2, 0) is 14.3 Å². The van der Waals surface area contributed by atoms with Gasteiger partial charge in [-0.15, -0.1) is 0 Å². The van der Waals surface area contributed by atoms with Crippen LogP contribution in [0.25, 0.3) is 0 Å². The Labute approximate surface area is 115 Å². The van der Waals surface area contributed by atoms with Crippen LogP contribution < -0.4 is 4.74 Å². The molecule has 0 aliphatic heterocycles. The Morgan fingerprint density at radius 1 is 1.10 bits per heavy atom. The number of carbonyl (C=O) groups is 1. The Hall–Kier alpha value is -2.19. The molecule has 1 aromatic rings. The summed E-state index contributed by atoms with van der Waals surface area (Å²) in [5, 5.41) is 18.7. The lowest BCUT2D eigenvalue weighted by Crippen LogP contribution is -2.13. The predicted octanol–water partition coefficient (Wildman–Crippen LogP) is 1.09. The highest BCUT2D eigenvalue weighted by molar-refractivity contribution is 5.67. The molecule has 0 aliphatic rings. The average Bonchev–Trinajstić information content (AvgIpc) is 2.42. The van der Waals surface area contributed by atoms with Crippen LogP contribution in [0.5, 0.6) is 5.75 Å². The van der Waals surface area contributed by atoms with Crippen LogP contribution in [0.1, 0.15) is 0 Å². The second kappa shape index (κ2) is 8.83. The molecule has 0 spiro atoms. The number of nitro groups is 1. The van der Waals surface area contributed by atoms with Crippen LogP contribution >= 0.6 is 0 Å². The molecule has 110 valence electrons. The molecule has 0 saturated carbocycles. The normalized spacial score (nSPS) is 10.2. The van der Waals surface area contributed by atoms with Crippen LogP contribution in [0, 0.1) is 10.1 Å². The molecule has 0 fully saturated rings. The first-order valence-corrected chi connectivity index (χ1v) is 5.84. The summed E-state index contributed by atoms with van der Waals surface area (Å²) in [5.74, 6) is -0.507. The number of aliphatic carboxylic acids is 1. The summed E-state index contributed by atoms with van der Waals surface area (Å²) in [6.45, 7) is 0.730. The van der Waals surface area contributed by atoms with E-state index in [1.807, 2.05) is 0 Å². The molecule has 0 atom stereocenters. The Kier molecular flexibility index (Phi) is 7.01. The second-order valence-electron chi connectivity index (χ2n) is 3.66. The fourth-order valence-corrected chi connectivity index (χ4v) is 1.26. The van der Waals surface area contributed by atoms with Crippen LogP contribution in [0.15, 0.2) is 24.3 Å². The monoisotopic (exact) mass is 285 g/mol. The zero-order valence-corrected chi connectivity index (χ0v) is 10.7. The third kappa shape index (κ3) is 6.66. The molecule has 0 unspecified atom stereocenters. The summed E-state index contributed by atoms with van der Waals surface area (Å²) >= 11 is 0. The van der Waals surface area contributed by atoms with E-state index in [0.29, 0.717) is 12.4 Å². The maximum absolute atomic E-state index is 10.4. The molecule has 20 heavy (non-hydrogen) atoms. The second-order valence-corrected chi connectivity index (χ2v) is 3.66. The van der Waals surface area contributed by atoms with Gasteiger partial charge in [0.25, 0.3) is 5.69 Å². The molecule has 1 aromatic carbocycles. The molecule has 0 aromatic heterocycles. The standard InChI is InChI=1S/C12H15NO7/c14-12(15)9-19-6-5-18-7-8-20-11-3-1-10(2-4-11)13(16)17/h1-4H,5-9H2,(H,14,15). The van der Waals surface area contributed by atoms with Gasteiger partial charge >= 0.3 is 5.97 Å². The summed E-state index contributed by atoms with van der Waals surface area (Å²) in [4.78, 5) is 20.1. The van der Waals surface area contributed by atoms with E-state index in [4.69, 9.17) is 19.3 Å². The van der Waals surface area contributed by atoms with Gasteiger partial charge in [0.15, 0.2) is 0 Å². The fourth-order valence-electron chi connectivity index (χ4n) is 1.26. The smallest absolute Gasteiger partial charge is 0.329 e. The van der Waals surface area contributed by atoms with Gasteiger partial charge in [-0.1, -0.05) is 0 Å². The number of nitro benzene ring substituents is 1. The van der Waals surface area contributed by atoms with E-state index in [9.17, 15) is 14.9 Å². The van der Waals surface area contributed by atoms with Gasteiger partial charge in [0.2, 0.25) is 0 Å². The highest BCUT2D eigenvalue weighted by Crippen LogP contribution is 2.16. The molecule has 0 radical (unpaired) electrons. The van der Waals surface area contributed by atoms with Crippen LogP contribution in [0.3, 0.4) is 0 Å². The molecule has 1 rings (SSSR count). The molecule has 0 aliphatic carbocycles. The van der Waals surface area contributed by atoms with Gasteiger partial charge in [0.1, 0.15) is 19.0 Å². The zero-order valence-electron chi connectivity index (χ0n) is 10.7. The minimum Gasteiger partial charge on any atom is -0.491 e. The Balaban J connectivity index is 2.06. The third-order valence-corrected chi connectivity index (χ3v) is 2.14. The van der Waals surface area contributed by atoms with Crippen molar-refractivity contribution in [1.82, 2.24) is 0 Å². The number of ether oxygens (including phenoxy) is 3. The van der Waals surface area contributed by atoms with Gasteiger partial charge in [-0.05, 0) is 12.1 Å². The van der Waals surface area contributed by atoms with Crippen molar-refractivity contribution in [2.75, 3.05) is 33.0 Å². The van der Waals surface area contributed by atoms with E-state index in [0.717, 1.165) is 0 Å². The summed E-state index contributed by atoms with van der Waals surface area (Å²) < 4.78 is 15.2. The lowest BCUT2D eigenvalue weighted by Gasteiger charge is -2.07. The summed E-state index contributed by atoms with van der Waals surface area (Å²) in [7, 11) is 0. The van der Waals surface area contributed by atoms with Crippen molar-refractivity contribution < 1.29 is 29.0 Å². The van der Waals surface area contributed by atoms with Crippen molar-refractivity contribution in [3.8, 4) is 5.75 Å². The van der Waals surface area contributed by atoms with E-state index in [1.54, 1.807) is 0 Å². The van der Waals surface area contributed by atoms with Crippen LogP contribution in [-0.4, -0.2) is 49.0 Å². The van der Waals surface area contributed by atoms with E-state index >= 15 is 0 Å². The maximum atomic E-state index is 10.4. The van der Waals surface area contributed by atoms with Gasteiger partial charge in [-0.2, -0.15) is 0 Å². The molecule has 0 saturated heterocycles. The van der Waals surface area contributed by atoms with Crippen molar-refractivity contribution >= 4 is 11.7 Å². The molecule has 1 N–H and O–H groups in total. The molecule has 8 nitrogen and oxygen atoms in total. The zero-order chi connectivity index (χ0) is 14.8. The number of rotatable bonds is 10. The molecule has 0 amide bonds. The summed E-state index contributed by atoms with van der Waals surface area (Å²) in [5.41, 5.74) is 0.00387. The van der Waals surface area contributed by atoms with Crippen LogP contribution in [0.2, 0.25) is 0 Å². The number of hydrogen-bond donors (Lipinski definition) is 1. The van der Waals surface area contributed by atoms with Gasteiger partial charge in [-0.25, -0.2) is 4.79 Å². The highest BCUT2D eigenvalue weighted by Gasteiger charge is 2.04. The Bertz CT molecular complexity index is 432. The molecule has 8 heteroatoms. The topological polar surface area (TPSA) is 108 Å². The van der Waals surface area contributed by atoms with E-state index in [1.165, 1.54) is 24.3 Å². The van der Waals surface area contributed by atoms with Gasteiger partial charge in [-0.3, -0.25) is 10.1 Å². The fraction of sp³-hybridized carbons (Fsp3) is 0.417. The van der Waals surface area contributed by atoms with Crippen molar-refractivity contribution in [2.24, 2.45) is 0 Å². The maximum Gasteiger partial charge on any atom is 0.329 e. The third-order valence-electron chi connectivity index (χ3n) is 2.14. The minimum absolute atomic E-state index is 0.00387. The number of nitrogens with zero attached hydrogens (tertiary/aromatic N) is 1. The SMILES string of the molecule is O=C(O)COCCOCCOc1ccc([N+](=O)[O-])cc1. The van der Waals surface area contributed by atoms with E-state index < -0.39 is 10.9 Å². The largest absolute Gasteiger partial charge is 0.491 e. The lowest BCUT2D eigenvalue weighted by molar-refractivity contribution is -0.384. The van der Waals surface area contributed by atoms with Gasteiger partial charge in [0.05, 0.1) is 24.7 Å². The minimum atomic E-state index is -1.02. The number of carboxylic acid groups (broad SMARTS) is 1. The lowest BCUT2D eigenvalue weighted by atomic mass is 10.3. The van der Waals surface area contributed by atoms with E-state index in [2.05, 4.69) is 0 Å². The Morgan fingerprint density at radius 3 is 2.30 bits per heavy atom. The number of benzene rings is 1. The first kappa shape index (κ1) is 15.9. The Morgan fingerprint density at radius 2 is 1.70 bits per heavy atom. The van der Waals surface area contributed by atoms with Crippen molar-refractivity contribution in [3.05, 3.63) is 34.4 Å². The highest BCUT2D eigenvalue weighted by atomic mass is 16.6. The first-order chi connectivity index (χ1) is 9.59. The predicted molar refractivity (Wildman–Crippen MR) is 67.9 cm³/mol. The molecule has 0 bridgehead atoms. The van der Waals surface area contributed by atoms with Crippen molar-refractivity contribution in [1.29, 1.82) is 0 Å². The van der Waals surface area contributed by atoms with Crippen molar-refractivity contribution in [2.45, 2.75) is 0 Å². The molecule has 0 heterocycles. The average molecular weight is 285 g/mol. The molecular formula is C12H15NO7. The number of non-ortho nitro benzene ring substituents is 1. The number of hydrogen-bond acceptors (Lipinski definition) is 6. The van der Waals surface area contributed by atoms with Crippen molar-refractivity contribution in [3.63, 3.8) is 0 Å². The quantitative estimate of drug-likeness (QED) is 0.389. The van der Waals surface area contributed by atoms with Gasteiger partial charge < -0.3 is 19.3 Å². The first-order valence-electron chi connectivity index (χ1n) is 5.84. The van der Waals surface area contributed by atoms with E-state index in [-0.39, 0.29) is 32.1 Å².